The quantitative estimate of drug-likeness (QED) is 0.845. The van der Waals surface area contributed by atoms with Crippen molar-refractivity contribution in [2.75, 3.05) is 19.0 Å². The number of methoxy groups -OCH3 is 1. The fourth-order valence-corrected chi connectivity index (χ4v) is 2.70. The van der Waals surface area contributed by atoms with E-state index in [4.69, 9.17) is 4.74 Å². The molecule has 1 heterocycles. The summed E-state index contributed by atoms with van der Waals surface area (Å²) in [6.45, 7) is 3.84. The minimum atomic E-state index is 0.632. The summed E-state index contributed by atoms with van der Waals surface area (Å²) in [6.07, 6.45) is 10.6. The summed E-state index contributed by atoms with van der Waals surface area (Å²) in [5, 5.41) is 7.92. The molecule has 2 rings (SSSR count). The van der Waals surface area contributed by atoms with Crippen molar-refractivity contribution < 1.29 is 4.74 Å². The molecule has 0 aliphatic heterocycles. The topological polar surface area (TPSA) is 39.1 Å². The zero-order chi connectivity index (χ0) is 12.8. The van der Waals surface area contributed by atoms with Gasteiger partial charge in [0.1, 0.15) is 0 Å². The Hall–Kier alpha value is -1.03. The molecule has 0 amide bonds. The molecule has 1 aromatic heterocycles. The molecule has 4 nitrogen and oxygen atoms in total. The van der Waals surface area contributed by atoms with E-state index in [0.717, 1.165) is 18.2 Å². The molecular formula is C14H25N3O. The highest BCUT2D eigenvalue weighted by Crippen LogP contribution is 2.28. The highest BCUT2D eigenvalue weighted by atomic mass is 16.5. The van der Waals surface area contributed by atoms with Gasteiger partial charge in [-0.05, 0) is 31.6 Å². The van der Waals surface area contributed by atoms with Gasteiger partial charge < -0.3 is 10.1 Å². The lowest BCUT2D eigenvalue weighted by Gasteiger charge is -2.28. The van der Waals surface area contributed by atoms with E-state index in [1.165, 1.54) is 32.1 Å². The van der Waals surface area contributed by atoms with Gasteiger partial charge in [0.05, 0.1) is 25.0 Å². The first kappa shape index (κ1) is 13.4. The van der Waals surface area contributed by atoms with Gasteiger partial charge in [0, 0.05) is 19.3 Å². The van der Waals surface area contributed by atoms with E-state index in [2.05, 4.69) is 23.5 Å². The molecule has 0 atom stereocenters. The van der Waals surface area contributed by atoms with Crippen LogP contribution in [0.15, 0.2) is 12.4 Å². The van der Waals surface area contributed by atoms with Crippen LogP contribution in [-0.2, 0) is 11.3 Å². The van der Waals surface area contributed by atoms with E-state index in [-0.39, 0.29) is 0 Å². The Morgan fingerprint density at radius 3 is 2.83 bits per heavy atom. The average Bonchev–Trinajstić information content (AvgIpc) is 2.85. The molecule has 0 spiro atoms. The number of anilines is 1. The molecule has 1 aliphatic rings. The lowest BCUT2D eigenvalue weighted by Crippen LogP contribution is -2.25. The molecule has 102 valence electrons. The standard InChI is InChI=1S/C14H25N3O/c1-3-12-4-6-13(7-5-12)16-14-10-15-17(11-14)8-9-18-2/h10-13,16H,3-9H2,1-2H3. The van der Waals surface area contributed by atoms with E-state index in [1.54, 1.807) is 7.11 Å². The number of ether oxygens (including phenoxy) is 1. The van der Waals surface area contributed by atoms with Crippen LogP contribution < -0.4 is 5.32 Å². The summed E-state index contributed by atoms with van der Waals surface area (Å²) in [5.74, 6) is 0.951. The summed E-state index contributed by atoms with van der Waals surface area (Å²) in [5.41, 5.74) is 1.14. The van der Waals surface area contributed by atoms with Crippen molar-refractivity contribution >= 4 is 5.69 Å². The van der Waals surface area contributed by atoms with Crippen LogP contribution in [0.4, 0.5) is 5.69 Å². The second-order valence-corrected chi connectivity index (χ2v) is 5.26. The minimum absolute atomic E-state index is 0.632. The van der Waals surface area contributed by atoms with Gasteiger partial charge in [-0.3, -0.25) is 4.68 Å². The first-order chi connectivity index (χ1) is 8.81. The molecule has 1 aromatic rings. The highest BCUT2D eigenvalue weighted by molar-refractivity contribution is 5.39. The Balaban J connectivity index is 1.77. The van der Waals surface area contributed by atoms with Crippen molar-refractivity contribution in [1.29, 1.82) is 0 Å². The summed E-state index contributed by atoms with van der Waals surface area (Å²) >= 11 is 0. The maximum absolute atomic E-state index is 5.05. The van der Waals surface area contributed by atoms with Gasteiger partial charge in [-0.15, -0.1) is 0 Å². The lowest BCUT2D eigenvalue weighted by atomic mass is 9.84. The second kappa shape index (κ2) is 6.78. The minimum Gasteiger partial charge on any atom is -0.383 e. The first-order valence-electron chi connectivity index (χ1n) is 7.09. The third-order valence-electron chi connectivity index (χ3n) is 3.95. The third-order valence-corrected chi connectivity index (χ3v) is 3.95. The number of hydrogen-bond acceptors (Lipinski definition) is 3. The van der Waals surface area contributed by atoms with Crippen LogP contribution in [0.25, 0.3) is 0 Å². The van der Waals surface area contributed by atoms with Crippen LogP contribution >= 0.6 is 0 Å². The summed E-state index contributed by atoms with van der Waals surface area (Å²) in [4.78, 5) is 0. The Bertz CT molecular complexity index is 343. The predicted molar refractivity (Wildman–Crippen MR) is 73.8 cm³/mol. The molecule has 0 bridgehead atoms. The highest BCUT2D eigenvalue weighted by Gasteiger charge is 2.19. The number of nitrogens with one attached hydrogen (secondary N) is 1. The summed E-state index contributed by atoms with van der Waals surface area (Å²) < 4.78 is 6.98. The van der Waals surface area contributed by atoms with Gasteiger partial charge in [-0.25, -0.2) is 0 Å². The molecular weight excluding hydrogens is 226 g/mol. The fraction of sp³-hybridized carbons (Fsp3) is 0.786. The van der Waals surface area contributed by atoms with Gasteiger partial charge in [0.15, 0.2) is 0 Å². The van der Waals surface area contributed by atoms with Crippen LogP contribution in [-0.4, -0.2) is 29.5 Å². The molecule has 1 aliphatic carbocycles. The third kappa shape index (κ3) is 3.73. The van der Waals surface area contributed by atoms with E-state index >= 15 is 0 Å². The van der Waals surface area contributed by atoms with Gasteiger partial charge in [0.2, 0.25) is 0 Å². The van der Waals surface area contributed by atoms with Crippen LogP contribution in [0.3, 0.4) is 0 Å². The van der Waals surface area contributed by atoms with Crippen LogP contribution in [0.2, 0.25) is 0 Å². The van der Waals surface area contributed by atoms with Crippen molar-refractivity contribution in [2.24, 2.45) is 5.92 Å². The number of hydrogen-bond donors (Lipinski definition) is 1. The van der Waals surface area contributed by atoms with Crippen LogP contribution in [0.5, 0.6) is 0 Å². The maximum atomic E-state index is 5.05. The molecule has 0 saturated heterocycles. The van der Waals surface area contributed by atoms with Gasteiger partial charge in [-0.1, -0.05) is 13.3 Å². The molecule has 0 radical (unpaired) electrons. The Morgan fingerprint density at radius 1 is 1.39 bits per heavy atom. The number of rotatable bonds is 6. The fourth-order valence-electron chi connectivity index (χ4n) is 2.70. The maximum Gasteiger partial charge on any atom is 0.0728 e. The molecule has 4 heteroatoms. The Labute approximate surface area is 110 Å². The second-order valence-electron chi connectivity index (χ2n) is 5.26. The van der Waals surface area contributed by atoms with Crippen molar-refractivity contribution in [3.05, 3.63) is 12.4 Å². The largest absolute Gasteiger partial charge is 0.383 e. The number of aromatic nitrogens is 2. The molecule has 1 saturated carbocycles. The van der Waals surface area contributed by atoms with E-state index in [0.29, 0.717) is 12.6 Å². The smallest absolute Gasteiger partial charge is 0.0728 e. The van der Waals surface area contributed by atoms with Crippen LogP contribution in [0, 0.1) is 5.92 Å². The summed E-state index contributed by atoms with van der Waals surface area (Å²) in [7, 11) is 1.72. The van der Waals surface area contributed by atoms with E-state index < -0.39 is 0 Å². The molecule has 0 aromatic carbocycles. The van der Waals surface area contributed by atoms with Crippen molar-refractivity contribution in [3.63, 3.8) is 0 Å². The van der Waals surface area contributed by atoms with Gasteiger partial charge in [-0.2, -0.15) is 5.10 Å². The monoisotopic (exact) mass is 251 g/mol. The number of nitrogens with zero attached hydrogens (tertiary/aromatic N) is 2. The SMILES string of the molecule is CCC1CCC(Nc2cnn(CCOC)c2)CC1. The Morgan fingerprint density at radius 2 is 2.17 bits per heavy atom. The lowest BCUT2D eigenvalue weighted by molar-refractivity contribution is 0.183. The normalized spacial score (nSPS) is 24.1. The summed E-state index contributed by atoms with van der Waals surface area (Å²) in [6, 6.07) is 0.632. The van der Waals surface area contributed by atoms with Crippen molar-refractivity contribution in [2.45, 2.75) is 51.6 Å². The molecule has 1 fully saturated rings. The first-order valence-corrected chi connectivity index (χ1v) is 7.09. The van der Waals surface area contributed by atoms with Gasteiger partial charge in [0.25, 0.3) is 0 Å². The van der Waals surface area contributed by atoms with Crippen molar-refractivity contribution in [3.8, 4) is 0 Å². The predicted octanol–water partition coefficient (Wildman–Crippen LogP) is 2.91. The van der Waals surface area contributed by atoms with E-state index in [9.17, 15) is 0 Å². The molecule has 0 unspecified atom stereocenters. The van der Waals surface area contributed by atoms with E-state index in [1.807, 2.05) is 10.9 Å². The molecule has 1 N–H and O–H groups in total. The van der Waals surface area contributed by atoms with Crippen LogP contribution in [0.1, 0.15) is 39.0 Å². The average molecular weight is 251 g/mol. The van der Waals surface area contributed by atoms with Gasteiger partial charge >= 0.3 is 0 Å². The zero-order valence-corrected chi connectivity index (χ0v) is 11.6. The molecule has 18 heavy (non-hydrogen) atoms. The van der Waals surface area contributed by atoms with Crippen molar-refractivity contribution in [1.82, 2.24) is 9.78 Å². The zero-order valence-electron chi connectivity index (χ0n) is 11.6. The Kier molecular flexibility index (Phi) is 5.05.